The number of nitrogens with zero attached hydrogens (tertiary/aromatic N) is 3. The molecule has 3 heterocycles. The molecule has 0 bridgehead atoms. The summed E-state index contributed by atoms with van der Waals surface area (Å²) in [6.07, 6.45) is 3.78. The summed E-state index contributed by atoms with van der Waals surface area (Å²) in [6.45, 7) is 0. The Kier molecular flexibility index (Phi) is 3.95. The quantitative estimate of drug-likeness (QED) is 0.448. The molecular weight excluding hydrogens is 340 g/mol. The van der Waals surface area contributed by atoms with E-state index in [-0.39, 0.29) is 5.56 Å². The zero-order valence-electron chi connectivity index (χ0n) is 12.9. The minimum absolute atomic E-state index is 0.0891. The molecule has 4 rings (SSSR count). The molecule has 120 valence electrons. The summed E-state index contributed by atoms with van der Waals surface area (Å²) in [5.74, 6) is 0.721. The summed E-state index contributed by atoms with van der Waals surface area (Å²) in [6, 6.07) is 9.92. The van der Waals surface area contributed by atoms with Gasteiger partial charge in [-0.25, -0.2) is 4.98 Å². The second-order valence-corrected chi connectivity index (χ2v) is 7.20. The van der Waals surface area contributed by atoms with E-state index in [0.29, 0.717) is 10.5 Å². The molecule has 0 aliphatic rings. The van der Waals surface area contributed by atoms with Crippen molar-refractivity contribution in [2.45, 2.75) is 10.9 Å². The third kappa shape index (κ3) is 2.88. The van der Waals surface area contributed by atoms with E-state index in [0.717, 1.165) is 27.3 Å². The Hall–Kier alpha value is -2.38. The Morgan fingerprint density at radius 3 is 2.88 bits per heavy atom. The van der Waals surface area contributed by atoms with Crippen LogP contribution in [0.1, 0.15) is 5.56 Å². The number of aryl methyl sites for hydroxylation is 1. The highest BCUT2D eigenvalue weighted by Gasteiger charge is 2.13. The lowest BCUT2D eigenvalue weighted by Gasteiger charge is -2.01. The summed E-state index contributed by atoms with van der Waals surface area (Å²) in [5.41, 5.74) is 2.98. The van der Waals surface area contributed by atoms with Gasteiger partial charge >= 0.3 is 0 Å². The second kappa shape index (κ2) is 6.26. The number of nitrogens with one attached hydrogen (secondary N) is 1. The van der Waals surface area contributed by atoms with E-state index in [2.05, 4.69) is 15.1 Å². The molecule has 0 amide bonds. The monoisotopic (exact) mass is 354 g/mol. The van der Waals surface area contributed by atoms with Crippen LogP contribution in [-0.2, 0) is 12.8 Å². The normalized spacial score (nSPS) is 11.2. The van der Waals surface area contributed by atoms with Crippen molar-refractivity contribution in [3.63, 3.8) is 0 Å². The van der Waals surface area contributed by atoms with E-state index in [1.54, 1.807) is 4.68 Å². The number of H-pyrrole nitrogens is 1. The number of hydrogen-bond acceptors (Lipinski definition) is 5. The summed E-state index contributed by atoms with van der Waals surface area (Å²) in [7, 11) is 1.89. The Labute approximate surface area is 146 Å². The Morgan fingerprint density at radius 1 is 1.29 bits per heavy atom. The minimum Gasteiger partial charge on any atom is -0.301 e. The Morgan fingerprint density at radius 2 is 2.12 bits per heavy atom. The number of thioether (sulfide) groups is 1. The molecule has 0 spiro atoms. The van der Waals surface area contributed by atoms with Crippen molar-refractivity contribution >= 4 is 33.3 Å². The first-order valence-corrected chi connectivity index (χ1v) is 9.24. The lowest BCUT2D eigenvalue weighted by molar-refractivity contribution is 0.767. The Balaban J connectivity index is 1.67. The van der Waals surface area contributed by atoms with Crippen LogP contribution >= 0.6 is 23.1 Å². The van der Waals surface area contributed by atoms with Gasteiger partial charge in [0.25, 0.3) is 5.56 Å². The first kappa shape index (κ1) is 15.2. The van der Waals surface area contributed by atoms with E-state index in [4.69, 9.17) is 0 Å². The topological polar surface area (TPSA) is 63.6 Å². The highest BCUT2D eigenvalue weighted by Crippen LogP contribution is 2.31. The minimum atomic E-state index is -0.0891. The molecule has 3 aromatic heterocycles. The largest absolute Gasteiger partial charge is 0.301 e. The smallest absolute Gasteiger partial charge is 0.260 e. The standard InChI is InChI=1S/C17H14N4OS2/c1-21-8-11(7-18-21)9-24-17-19-15(22)14-13(10-23-16(14)20-17)12-5-3-2-4-6-12/h2-8,10H,9H2,1H3,(H,19,20,22). The van der Waals surface area contributed by atoms with Crippen molar-refractivity contribution < 1.29 is 0 Å². The molecule has 1 aromatic carbocycles. The van der Waals surface area contributed by atoms with Gasteiger partial charge in [-0.1, -0.05) is 42.1 Å². The van der Waals surface area contributed by atoms with Crippen LogP contribution in [0.2, 0.25) is 0 Å². The maximum Gasteiger partial charge on any atom is 0.260 e. The molecule has 0 radical (unpaired) electrons. The molecule has 0 aliphatic carbocycles. The van der Waals surface area contributed by atoms with Gasteiger partial charge in [-0.05, 0) is 5.56 Å². The average molecular weight is 354 g/mol. The molecule has 7 heteroatoms. The SMILES string of the molecule is Cn1cc(CSc2nc3scc(-c4ccccc4)c3c(=O)[nH]2)cn1. The van der Waals surface area contributed by atoms with E-state index in [1.807, 2.05) is 55.2 Å². The summed E-state index contributed by atoms with van der Waals surface area (Å²) in [4.78, 5) is 20.8. The van der Waals surface area contributed by atoms with Gasteiger partial charge in [-0.2, -0.15) is 5.10 Å². The van der Waals surface area contributed by atoms with E-state index in [1.165, 1.54) is 23.1 Å². The highest BCUT2D eigenvalue weighted by molar-refractivity contribution is 7.98. The Bertz CT molecular complexity index is 1050. The van der Waals surface area contributed by atoms with E-state index in [9.17, 15) is 4.79 Å². The first-order valence-electron chi connectivity index (χ1n) is 7.38. The van der Waals surface area contributed by atoms with Crippen molar-refractivity contribution in [3.8, 4) is 11.1 Å². The van der Waals surface area contributed by atoms with Crippen molar-refractivity contribution in [1.82, 2.24) is 19.7 Å². The molecule has 0 saturated heterocycles. The van der Waals surface area contributed by atoms with Gasteiger partial charge in [0.2, 0.25) is 0 Å². The molecule has 0 fully saturated rings. The number of hydrogen-bond donors (Lipinski definition) is 1. The third-order valence-corrected chi connectivity index (χ3v) is 5.46. The van der Waals surface area contributed by atoms with Gasteiger partial charge < -0.3 is 4.98 Å². The van der Waals surface area contributed by atoms with Crippen LogP contribution in [0, 0.1) is 0 Å². The number of rotatable bonds is 4. The maximum atomic E-state index is 12.6. The molecule has 5 nitrogen and oxygen atoms in total. The van der Waals surface area contributed by atoms with Crippen LogP contribution in [-0.4, -0.2) is 19.7 Å². The van der Waals surface area contributed by atoms with Crippen molar-refractivity contribution in [2.75, 3.05) is 0 Å². The van der Waals surface area contributed by atoms with Gasteiger partial charge in [0.15, 0.2) is 5.16 Å². The number of aromatic nitrogens is 4. The number of benzene rings is 1. The fraction of sp³-hybridized carbons (Fsp3) is 0.118. The molecule has 0 unspecified atom stereocenters. The lowest BCUT2D eigenvalue weighted by atomic mass is 10.1. The van der Waals surface area contributed by atoms with Crippen LogP contribution in [0.4, 0.5) is 0 Å². The number of aromatic amines is 1. The zero-order valence-corrected chi connectivity index (χ0v) is 14.5. The molecule has 0 atom stereocenters. The highest BCUT2D eigenvalue weighted by atomic mass is 32.2. The fourth-order valence-corrected chi connectivity index (χ4v) is 4.30. The van der Waals surface area contributed by atoms with Crippen molar-refractivity contribution in [1.29, 1.82) is 0 Å². The number of fused-ring (bicyclic) bond motifs is 1. The maximum absolute atomic E-state index is 12.6. The second-order valence-electron chi connectivity index (χ2n) is 5.38. The van der Waals surface area contributed by atoms with Crippen LogP contribution in [0.3, 0.4) is 0 Å². The summed E-state index contributed by atoms with van der Waals surface area (Å²) >= 11 is 3.01. The van der Waals surface area contributed by atoms with Crippen molar-refractivity contribution in [2.24, 2.45) is 7.05 Å². The van der Waals surface area contributed by atoms with Gasteiger partial charge in [0.1, 0.15) is 4.83 Å². The first-order chi connectivity index (χ1) is 11.7. The number of thiophene rings is 1. The molecule has 1 N–H and O–H groups in total. The van der Waals surface area contributed by atoms with Crippen LogP contribution < -0.4 is 5.56 Å². The lowest BCUT2D eigenvalue weighted by Crippen LogP contribution is -2.08. The third-order valence-electron chi connectivity index (χ3n) is 3.64. The zero-order chi connectivity index (χ0) is 16.5. The van der Waals surface area contributed by atoms with Crippen LogP contribution in [0.15, 0.2) is 58.1 Å². The summed E-state index contributed by atoms with van der Waals surface area (Å²) in [5, 5.41) is 7.44. The summed E-state index contributed by atoms with van der Waals surface area (Å²) < 4.78 is 1.76. The van der Waals surface area contributed by atoms with Gasteiger partial charge in [0, 0.05) is 35.5 Å². The van der Waals surface area contributed by atoms with Gasteiger partial charge in [0.05, 0.1) is 11.6 Å². The molecule has 0 saturated carbocycles. The molecule has 4 aromatic rings. The molecule has 0 aliphatic heterocycles. The van der Waals surface area contributed by atoms with Crippen LogP contribution in [0.5, 0.6) is 0 Å². The van der Waals surface area contributed by atoms with Crippen molar-refractivity contribution in [3.05, 3.63) is 64.0 Å². The fourth-order valence-electron chi connectivity index (χ4n) is 2.53. The van der Waals surface area contributed by atoms with E-state index < -0.39 is 0 Å². The average Bonchev–Trinajstić information content (AvgIpc) is 3.20. The van der Waals surface area contributed by atoms with Gasteiger partial charge in [-0.3, -0.25) is 9.48 Å². The predicted molar refractivity (Wildman–Crippen MR) is 98.4 cm³/mol. The van der Waals surface area contributed by atoms with E-state index >= 15 is 0 Å². The predicted octanol–water partition coefficient (Wildman–Crippen LogP) is 3.68. The molecular formula is C17H14N4OS2. The van der Waals surface area contributed by atoms with Gasteiger partial charge in [-0.15, -0.1) is 11.3 Å². The molecule has 24 heavy (non-hydrogen) atoms. The van der Waals surface area contributed by atoms with Crippen LogP contribution in [0.25, 0.3) is 21.3 Å².